The van der Waals surface area contributed by atoms with Crippen LogP contribution < -0.4 is 0 Å². The van der Waals surface area contributed by atoms with E-state index in [2.05, 4.69) is 4.74 Å². The summed E-state index contributed by atoms with van der Waals surface area (Å²) in [5, 5.41) is 0. The average molecular weight is 241 g/mol. The highest BCUT2D eigenvalue weighted by molar-refractivity contribution is 4.85. The monoisotopic (exact) mass is 241 g/mol. The molecule has 0 aromatic heterocycles. The normalized spacial score (nSPS) is 14.0. The zero-order valence-corrected chi connectivity index (χ0v) is 7.29. The van der Waals surface area contributed by atoms with Crippen LogP contribution in [0.4, 0.5) is 30.7 Å². The summed E-state index contributed by atoms with van der Waals surface area (Å²) in [4.78, 5) is -2.04. The van der Waals surface area contributed by atoms with Gasteiger partial charge in [0.15, 0.2) is 0 Å². The maximum absolute atomic E-state index is 12.3. The molecule has 0 aliphatic rings. The van der Waals surface area contributed by atoms with E-state index in [1.54, 1.807) is 0 Å². The second kappa shape index (κ2) is 4.58. The van der Waals surface area contributed by atoms with Crippen LogP contribution in [0.1, 0.15) is 6.92 Å². The number of hydrogen-bond acceptors (Lipinski definition) is 2. The molecule has 0 saturated carbocycles. The third-order valence-electron chi connectivity index (χ3n) is 1.06. The lowest BCUT2D eigenvalue weighted by Gasteiger charge is -2.24. The minimum absolute atomic E-state index is 0.383. The molecular weight excluding hydrogens is 235 g/mol. The number of ether oxygens (including phenoxy) is 1. The van der Waals surface area contributed by atoms with Crippen LogP contribution in [0.2, 0.25) is 0 Å². The summed E-state index contributed by atoms with van der Waals surface area (Å²) < 4.78 is 86.7. The van der Waals surface area contributed by atoms with Crippen molar-refractivity contribution in [3.05, 3.63) is 12.2 Å². The Bertz CT molecular complexity index is 217. The number of halogens is 7. The third-order valence-corrected chi connectivity index (χ3v) is 1.06. The molecule has 0 rings (SSSR count). The summed E-state index contributed by atoms with van der Waals surface area (Å²) in [7, 11) is 0. The largest absolute Gasteiger partial charge is 0.491 e. The Morgan fingerprint density at radius 1 is 1.13 bits per heavy atom. The van der Waals surface area contributed by atoms with Crippen LogP contribution in [-0.4, -0.2) is 24.1 Å². The molecule has 0 atom stereocenters. The smallest absolute Gasteiger partial charge is 0.470 e. The molecule has 0 spiro atoms. The first-order valence-electron chi connectivity index (χ1n) is 3.52. The van der Waals surface area contributed by atoms with Crippen molar-refractivity contribution in [1.29, 1.82) is 0 Å². The molecule has 0 fully saturated rings. The first-order valence-corrected chi connectivity index (χ1v) is 3.52. The van der Waals surface area contributed by atoms with E-state index in [0.29, 0.717) is 0 Å². The summed E-state index contributed by atoms with van der Waals surface area (Å²) >= 11 is 0. The van der Waals surface area contributed by atoms with E-state index >= 15 is 0 Å². The van der Waals surface area contributed by atoms with Gasteiger partial charge in [-0.05, 0) is 6.92 Å². The predicted octanol–water partition coefficient (Wildman–Crippen LogP) is 3.13. The molecule has 0 N–H and O–H groups in total. The van der Waals surface area contributed by atoms with Gasteiger partial charge in [0.05, 0.1) is 12.8 Å². The van der Waals surface area contributed by atoms with E-state index in [9.17, 15) is 30.7 Å². The van der Waals surface area contributed by atoms with Crippen LogP contribution in [0.25, 0.3) is 0 Å². The maximum atomic E-state index is 12.3. The zero-order valence-electron chi connectivity index (χ0n) is 7.29. The molecule has 0 saturated heterocycles. The Balaban J connectivity index is 4.91. The average Bonchev–Trinajstić information content (AvgIpc) is 1.96. The number of rotatable bonds is 3. The first-order chi connectivity index (χ1) is 6.59. The Hall–Kier alpha value is -1.15. The van der Waals surface area contributed by atoms with E-state index in [0.717, 1.165) is 0 Å². The highest BCUT2D eigenvalue weighted by Crippen LogP contribution is 2.34. The fourth-order valence-electron chi connectivity index (χ4n) is 0.567. The van der Waals surface area contributed by atoms with E-state index in [-0.39, 0.29) is 6.61 Å². The van der Waals surface area contributed by atoms with Gasteiger partial charge in [0.25, 0.3) is 6.01 Å². The molecule has 0 amide bonds. The van der Waals surface area contributed by atoms with Gasteiger partial charge in [-0.2, -0.15) is 9.29 Å². The molecule has 0 aliphatic carbocycles. The summed E-state index contributed by atoms with van der Waals surface area (Å²) in [6, 6.07) is -1.97. The van der Waals surface area contributed by atoms with Crippen LogP contribution in [0.3, 0.4) is 0 Å². The van der Waals surface area contributed by atoms with Crippen LogP contribution in [-0.2, 0) is 4.74 Å². The van der Waals surface area contributed by atoms with Crippen LogP contribution in [0, 0.1) is 0 Å². The molecule has 2 nitrogen and oxygen atoms in total. The van der Waals surface area contributed by atoms with Crippen LogP contribution >= 0.6 is 0 Å². The second-order valence-electron chi connectivity index (χ2n) is 2.17. The minimum atomic E-state index is -5.76. The van der Waals surface area contributed by atoms with Gasteiger partial charge in [-0.3, -0.25) is 0 Å². The van der Waals surface area contributed by atoms with Gasteiger partial charge in [-0.15, -0.1) is 26.3 Å². The molecule has 0 unspecified atom stereocenters. The molecule has 0 heterocycles. The zero-order chi connectivity index (χ0) is 12.3. The van der Waals surface area contributed by atoms with Gasteiger partial charge in [0.2, 0.25) is 0 Å². The fourth-order valence-corrected chi connectivity index (χ4v) is 0.567. The highest BCUT2D eigenvalue weighted by Gasteiger charge is 2.52. The van der Waals surface area contributed by atoms with Gasteiger partial charge in [-0.25, -0.2) is 0 Å². The standard InChI is InChI=1S/C6H6F7NO/c1-2-15-4(7)3-14(5(8,9)10)6(11,12)13/h3H,2H2,1H3/b4-3+. The van der Waals surface area contributed by atoms with Crippen molar-refractivity contribution >= 4 is 0 Å². The van der Waals surface area contributed by atoms with E-state index in [1.165, 1.54) is 6.92 Å². The summed E-state index contributed by atoms with van der Waals surface area (Å²) in [6.07, 6.45) is -12.3. The van der Waals surface area contributed by atoms with Gasteiger partial charge in [0.1, 0.15) is 0 Å². The van der Waals surface area contributed by atoms with Gasteiger partial charge in [-0.1, -0.05) is 0 Å². The molecule has 9 heteroatoms. The molecule has 0 aliphatic heterocycles. The number of alkyl halides is 6. The Morgan fingerprint density at radius 2 is 1.53 bits per heavy atom. The van der Waals surface area contributed by atoms with Gasteiger partial charge < -0.3 is 4.74 Å². The fraction of sp³-hybridized carbons (Fsp3) is 0.667. The third kappa shape index (κ3) is 4.75. The van der Waals surface area contributed by atoms with Crippen molar-refractivity contribution < 1.29 is 35.5 Å². The molecule has 15 heavy (non-hydrogen) atoms. The van der Waals surface area contributed by atoms with Crippen molar-refractivity contribution in [2.75, 3.05) is 6.61 Å². The van der Waals surface area contributed by atoms with E-state index in [4.69, 9.17) is 0 Å². The van der Waals surface area contributed by atoms with E-state index < -0.39 is 29.7 Å². The highest BCUT2D eigenvalue weighted by atomic mass is 19.4. The van der Waals surface area contributed by atoms with E-state index in [1.807, 2.05) is 0 Å². The molecule has 0 radical (unpaired) electrons. The Labute approximate surface area is 79.9 Å². The predicted molar refractivity (Wildman–Crippen MR) is 34.8 cm³/mol. The topological polar surface area (TPSA) is 12.5 Å². The number of hydrogen-bond donors (Lipinski definition) is 0. The SMILES string of the molecule is CCO/C(F)=C/N(C(F)(F)F)C(F)(F)F. The van der Waals surface area contributed by atoms with Crippen LogP contribution in [0.15, 0.2) is 12.2 Å². The molecule has 0 aromatic carbocycles. The molecule has 0 bridgehead atoms. The molecule has 90 valence electrons. The minimum Gasteiger partial charge on any atom is -0.470 e. The molecule has 0 aromatic rings. The van der Waals surface area contributed by atoms with Gasteiger partial charge >= 0.3 is 12.6 Å². The lowest BCUT2D eigenvalue weighted by molar-refractivity contribution is -0.355. The van der Waals surface area contributed by atoms with Crippen molar-refractivity contribution in [3.63, 3.8) is 0 Å². The van der Waals surface area contributed by atoms with Gasteiger partial charge in [0, 0.05) is 0 Å². The number of nitrogens with zero attached hydrogens (tertiary/aromatic N) is 1. The summed E-state index contributed by atoms with van der Waals surface area (Å²) in [5.74, 6) is 0. The van der Waals surface area contributed by atoms with Crippen molar-refractivity contribution in [2.24, 2.45) is 0 Å². The quantitative estimate of drug-likeness (QED) is 0.427. The Kier molecular flexibility index (Phi) is 4.23. The lowest BCUT2D eigenvalue weighted by Crippen LogP contribution is -2.44. The Morgan fingerprint density at radius 3 is 1.80 bits per heavy atom. The second-order valence-corrected chi connectivity index (χ2v) is 2.17. The van der Waals surface area contributed by atoms with Crippen molar-refractivity contribution in [2.45, 2.75) is 19.5 Å². The maximum Gasteiger partial charge on any atom is 0.491 e. The van der Waals surface area contributed by atoms with Crippen molar-refractivity contribution in [3.8, 4) is 0 Å². The van der Waals surface area contributed by atoms with Crippen molar-refractivity contribution in [1.82, 2.24) is 4.90 Å². The lowest BCUT2D eigenvalue weighted by atomic mass is 10.7. The first kappa shape index (κ1) is 13.8. The summed E-state index contributed by atoms with van der Waals surface area (Å²) in [6.45, 7) is 0.824. The molecular formula is C6H6F7NO. The van der Waals surface area contributed by atoms with Crippen LogP contribution in [0.5, 0.6) is 0 Å². The summed E-state index contributed by atoms with van der Waals surface area (Å²) in [5.41, 5.74) is 0.